The highest BCUT2D eigenvalue weighted by molar-refractivity contribution is 5.48. The van der Waals surface area contributed by atoms with Crippen LogP contribution in [0.2, 0.25) is 0 Å². The van der Waals surface area contributed by atoms with Crippen LogP contribution in [0.4, 0.5) is 0 Å². The van der Waals surface area contributed by atoms with Crippen molar-refractivity contribution in [2.75, 3.05) is 13.1 Å². The van der Waals surface area contributed by atoms with Gasteiger partial charge in [0.2, 0.25) is 0 Å². The third kappa shape index (κ3) is 5.14. The van der Waals surface area contributed by atoms with Crippen molar-refractivity contribution in [2.24, 2.45) is 5.92 Å². The Morgan fingerprint density at radius 3 is 2.57 bits per heavy atom. The number of pyridine rings is 1. The average Bonchev–Trinajstić information content (AvgIpc) is 2.87. The van der Waals surface area contributed by atoms with Crippen molar-refractivity contribution in [3.63, 3.8) is 0 Å². The molecule has 3 rings (SSSR count). The molecule has 0 saturated carbocycles. The van der Waals surface area contributed by atoms with Gasteiger partial charge in [0.05, 0.1) is 11.6 Å². The molecule has 0 saturated heterocycles. The number of benzene rings is 1. The summed E-state index contributed by atoms with van der Waals surface area (Å²) in [5.74, 6) is 0.839. The second-order valence-corrected chi connectivity index (χ2v) is 9.38. The molecule has 2 aromatic rings. The van der Waals surface area contributed by atoms with E-state index in [-0.39, 0.29) is 5.92 Å². The first-order valence-corrected chi connectivity index (χ1v) is 11.9. The molecule has 2 nitrogen and oxygen atoms in total. The van der Waals surface area contributed by atoms with E-state index >= 15 is 0 Å². The minimum absolute atomic E-state index is 0.156. The highest BCUT2D eigenvalue weighted by Gasteiger charge is 2.30. The molecular formula is C28H40N2. The molecule has 1 heterocycles. The van der Waals surface area contributed by atoms with Crippen molar-refractivity contribution < 1.29 is 0 Å². The van der Waals surface area contributed by atoms with Gasteiger partial charge in [0, 0.05) is 25.0 Å². The summed E-state index contributed by atoms with van der Waals surface area (Å²) in [5, 5.41) is 0. The normalized spacial score (nSPS) is 16.4. The minimum atomic E-state index is 0.156. The predicted octanol–water partition coefficient (Wildman–Crippen LogP) is 6.98. The fourth-order valence-corrected chi connectivity index (χ4v) is 4.91. The SMILES string of the molecule is C=C(C1c2ccc(C)cc2CCc2cc(C)cnc21)N(CCC)CC(C)CCCC. The van der Waals surface area contributed by atoms with E-state index in [1.54, 1.807) is 0 Å². The van der Waals surface area contributed by atoms with Gasteiger partial charge in [-0.3, -0.25) is 4.98 Å². The van der Waals surface area contributed by atoms with Crippen molar-refractivity contribution in [2.45, 2.75) is 79.1 Å². The first kappa shape index (κ1) is 22.6. The van der Waals surface area contributed by atoms with Gasteiger partial charge in [-0.15, -0.1) is 0 Å². The van der Waals surface area contributed by atoms with Crippen LogP contribution in [0.5, 0.6) is 0 Å². The Bertz CT molecular complexity index is 813. The highest BCUT2D eigenvalue weighted by atomic mass is 15.1. The second-order valence-electron chi connectivity index (χ2n) is 9.38. The van der Waals surface area contributed by atoms with E-state index in [4.69, 9.17) is 11.6 Å². The number of hydrogen-bond acceptors (Lipinski definition) is 2. The summed E-state index contributed by atoms with van der Waals surface area (Å²) in [6.07, 6.45) is 9.18. The maximum absolute atomic E-state index is 4.99. The number of rotatable bonds is 9. The quantitative estimate of drug-likeness (QED) is 0.448. The van der Waals surface area contributed by atoms with Crippen molar-refractivity contribution >= 4 is 0 Å². The number of fused-ring (bicyclic) bond motifs is 2. The van der Waals surface area contributed by atoms with Crippen molar-refractivity contribution in [1.29, 1.82) is 0 Å². The third-order valence-corrected chi connectivity index (χ3v) is 6.50. The monoisotopic (exact) mass is 404 g/mol. The molecule has 0 radical (unpaired) electrons. The number of allylic oxidation sites excluding steroid dienone is 1. The van der Waals surface area contributed by atoms with Gasteiger partial charge in [0.1, 0.15) is 0 Å². The van der Waals surface area contributed by atoms with E-state index in [0.717, 1.165) is 32.4 Å². The fourth-order valence-electron chi connectivity index (χ4n) is 4.91. The summed E-state index contributed by atoms with van der Waals surface area (Å²) < 4.78 is 0. The zero-order valence-corrected chi connectivity index (χ0v) is 19.8. The molecule has 0 aliphatic heterocycles. The van der Waals surface area contributed by atoms with Crippen LogP contribution in [0.3, 0.4) is 0 Å². The van der Waals surface area contributed by atoms with Gasteiger partial charge in [-0.25, -0.2) is 0 Å². The number of nitrogens with zero attached hydrogens (tertiary/aromatic N) is 2. The Labute approximate surface area is 184 Å². The lowest BCUT2D eigenvalue weighted by molar-refractivity contribution is 0.274. The standard InChI is InChI=1S/C28H40N2/c1-7-9-10-21(4)19-30(15-8-2)23(6)27-26-14-11-20(3)16-24(26)12-13-25-17-22(5)18-29-28(25)27/h11,14,16-18,21,27H,6-10,12-13,15,19H2,1-5H3. The molecule has 2 atom stereocenters. The Morgan fingerprint density at radius 1 is 1.10 bits per heavy atom. The number of aryl methyl sites for hydroxylation is 4. The van der Waals surface area contributed by atoms with Gasteiger partial charge in [-0.2, -0.15) is 0 Å². The Morgan fingerprint density at radius 2 is 1.83 bits per heavy atom. The van der Waals surface area contributed by atoms with E-state index in [1.807, 2.05) is 6.20 Å². The van der Waals surface area contributed by atoms with Gasteiger partial charge < -0.3 is 4.90 Å². The van der Waals surface area contributed by atoms with E-state index in [0.29, 0.717) is 5.92 Å². The molecule has 0 spiro atoms. The maximum atomic E-state index is 4.99. The van der Waals surface area contributed by atoms with E-state index < -0.39 is 0 Å². The molecule has 162 valence electrons. The van der Waals surface area contributed by atoms with Crippen LogP contribution in [-0.2, 0) is 12.8 Å². The molecule has 0 amide bonds. The van der Waals surface area contributed by atoms with Gasteiger partial charge in [-0.1, -0.05) is 70.0 Å². The predicted molar refractivity (Wildman–Crippen MR) is 129 cm³/mol. The van der Waals surface area contributed by atoms with Gasteiger partial charge in [0.25, 0.3) is 0 Å². The molecular weight excluding hydrogens is 364 g/mol. The smallest absolute Gasteiger partial charge is 0.0661 e. The first-order chi connectivity index (χ1) is 14.4. The minimum Gasteiger partial charge on any atom is -0.374 e. The molecule has 1 aromatic heterocycles. The maximum Gasteiger partial charge on any atom is 0.0661 e. The summed E-state index contributed by atoms with van der Waals surface area (Å²) in [6, 6.07) is 9.31. The molecule has 0 fully saturated rings. The fraction of sp³-hybridized carbons (Fsp3) is 0.536. The number of hydrogen-bond donors (Lipinski definition) is 0. The van der Waals surface area contributed by atoms with Crippen molar-refractivity contribution in [3.05, 3.63) is 76.2 Å². The average molecular weight is 405 g/mol. The van der Waals surface area contributed by atoms with Gasteiger partial charge in [0.15, 0.2) is 0 Å². The lowest BCUT2D eigenvalue weighted by Crippen LogP contribution is -2.32. The van der Waals surface area contributed by atoms with E-state index in [1.165, 1.54) is 58.5 Å². The van der Waals surface area contributed by atoms with Gasteiger partial charge >= 0.3 is 0 Å². The summed E-state index contributed by atoms with van der Waals surface area (Å²) >= 11 is 0. The number of unbranched alkanes of at least 4 members (excludes halogenated alkanes) is 1. The summed E-state index contributed by atoms with van der Waals surface area (Å²) in [7, 11) is 0. The van der Waals surface area contributed by atoms with Crippen LogP contribution >= 0.6 is 0 Å². The molecule has 30 heavy (non-hydrogen) atoms. The largest absolute Gasteiger partial charge is 0.374 e. The molecule has 1 aromatic carbocycles. The lowest BCUT2D eigenvalue weighted by atomic mass is 9.87. The molecule has 2 unspecified atom stereocenters. The van der Waals surface area contributed by atoms with E-state index in [9.17, 15) is 0 Å². The lowest BCUT2D eigenvalue weighted by Gasteiger charge is -2.34. The van der Waals surface area contributed by atoms with Crippen LogP contribution < -0.4 is 0 Å². The second kappa shape index (κ2) is 10.3. The van der Waals surface area contributed by atoms with Gasteiger partial charge in [-0.05, 0) is 67.7 Å². The Hall–Kier alpha value is -2.09. The zero-order valence-electron chi connectivity index (χ0n) is 19.8. The summed E-state index contributed by atoms with van der Waals surface area (Å²) in [6.45, 7) is 18.2. The third-order valence-electron chi connectivity index (χ3n) is 6.50. The number of aromatic nitrogens is 1. The Kier molecular flexibility index (Phi) is 7.75. The van der Waals surface area contributed by atoms with Crippen LogP contribution in [0, 0.1) is 19.8 Å². The summed E-state index contributed by atoms with van der Waals surface area (Å²) in [4.78, 5) is 7.55. The molecule has 0 bridgehead atoms. The molecule has 2 heteroatoms. The van der Waals surface area contributed by atoms with Crippen LogP contribution in [-0.4, -0.2) is 23.0 Å². The Balaban J connectivity index is 2.01. The molecule has 1 aliphatic carbocycles. The first-order valence-electron chi connectivity index (χ1n) is 11.9. The zero-order chi connectivity index (χ0) is 21.7. The van der Waals surface area contributed by atoms with E-state index in [2.05, 4.69) is 63.8 Å². The molecule has 1 aliphatic rings. The van der Waals surface area contributed by atoms with Crippen LogP contribution in [0.1, 0.15) is 85.9 Å². The molecule has 0 N–H and O–H groups in total. The summed E-state index contributed by atoms with van der Waals surface area (Å²) in [5.41, 5.74) is 9.30. The highest BCUT2D eigenvalue weighted by Crippen LogP contribution is 2.39. The van der Waals surface area contributed by atoms with Crippen molar-refractivity contribution in [1.82, 2.24) is 9.88 Å². The van der Waals surface area contributed by atoms with Crippen molar-refractivity contribution in [3.8, 4) is 0 Å². The topological polar surface area (TPSA) is 16.1 Å². The van der Waals surface area contributed by atoms with Crippen LogP contribution in [0.15, 0.2) is 42.7 Å². The van der Waals surface area contributed by atoms with Crippen LogP contribution in [0.25, 0.3) is 0 Å².